The van der Waals surface area contributed by atoms with Crippen LogP contribution >= 0.6 is 22.9 Å². The van der Waals surface area contributed by atoms with Crippen LogP contribution in [0.1, 0.15) is 70.6 Å². The summed E-state index contributed by atoms with van der Waals surface area (Å²) >= 11 is 7.52. The highest BCUT2D eigenvalue weighted by molar-refractivity contribution is 7.91. The maximum absolute atomic E-state index is 14.5. The Morgan fingerprint density at radius 2 is 1.84 bits per heavy atom. The van der Waals surface area contributed by atoms with Crippen molar-refractivity contribution >= 4 is 66.6 Å². The van der Waals surface area contributed by atoms with E-state index in [2.05, 4.69) is 20.3 Å². The molecule has 2 aliphatic heterocycles. The number of rotatable bonds is 8. The minimum atomic E-state index is -3.82. The average molecular weight is 744 g/mol. The number of fused-ring (bicyclic) bond motifs is 3. The molecule has 12 nitrogen and oxygen atoms in total. The molecular formula is C35H42ClN5O7S2. The van der Waals surface area contributed by atoms with Gasteiger partial charge in [-0.3, -0.25) is 19.1 Å². The summed E-state index contributed by atoms with van der Waals surface area (Å²) in [6.45, 7) is 0.128. The van der Waals surface area contributed by atoms with Crippen molar-refractivity contribution in [3.05, 3.63) is 47.5 Å². The first kappa shape index (κ1) is 34.8. The first-order valence-corrected chi connectivity index (χ1v) is 20.1. The van der Waals surface area contributed by atoms with Crippen molar-refractivity contribution in [2.45, 2.75) is 99.6 Å². The molecule has 2 aromatic carbocycles. The fourth-order valence-electron chi connectivity index (χ4n) is 7.24. The van der Waals surface area contributed by atoms with Gasteiger partial charge in [-0.1, -0.05) is 61.1 Å². The number of hydrogen-bond donors (Lipinski definition) is 3. The monoisotopic (exact) mass is 743 g/mol. The number of benzene rings is 2. The van der Waals surface area contributed by atoms with Crippen LogP contribution in [0.5, 0.6) is 10.9 Å². The SMILES string of the molecule is COc1cccc(N[C@H]2CCCCCCC[C@@H]3C[C@@]3(C(=O)NS(=O)(=O)C3CC3)NC(=O)[C@@H]3C[C@@H](Oc4nc5ccc(Cl)cc5s4)CN3C2=O)c1. The van der Waals surface area contributed by atoms with Gasteiger partial charge in [0, 0.05) is 23.2 Å². The molecule has 3 aromatic rings. The molecule has 5 atom stereocenters. The van der Waals surface area contributed by atoms with Crippen molar-refractivity contribution < 1.29 is 32.3 Å². The van der Waals surface area contributed by atoms with Gasteiger partial charge in [0.15, 0.2) is 0 Å². The first-order valence-electron chi connectivity index (χ1n) is 17.4. The number of aromatic nitrogens is 1. The average Bonchev–Trinajstić information content (AvgIpc) is 3.98. The van der Waals surface area contributed by atoms with Gasteiger partial charge >= 0.3 is 0 Å². The molecule has 50 heavy (non-hydrogen) atoms. The minimum absolute atomic E-state index is 0.128. The number of thiazole rings is 1. The third-order valence-electron chi connectivity index (χ3n) is 10.3. The van der Waals surface area contributed by atoms with Crippen molar-refractivity contribution in [2.75, 3.05) is 19.0 Å². The third-order valence-corrected chi connectivity index (χ3v) is 13.2. The van der Waals surface area contributed by atoms with E-state index in [0.29, 0.717) is 48.1 Å². The van der Waals surface area contributed by atoms with Crippen LogP contribution in [0.3, 0.4) is 0 Å². The van der Waals surface area contributed by atoms with Crippen molar-refractivity contribution in [2.24, 2.45) is 5.92 Å². The molecule has 4 aliphatic rings. The molecule has 0 unspecified atom stereocenters. The number of carbonyl (C=O) groups is 3. The summed E-state index contributed by atoms with van der Waals surface area (Å²) in [5.41, 5.74) is 0.0970. The molecule has 3 heterocycles. The molecule has 2 saturated carbocycles. The number of sulfonamides is 1. The highest BCUT2D eigenvalue weighted by atomic mass is 35.5. The van der Waals surface area contributed by atoms with Crippen molar-refractivity contribution in [3.8, 4) is 10.9 Å². The molecular weight excluding hydrogens is 702 g/mol. The molecule has 2 aliphatic carbocycles. The van der Waals surface area contributed by atoms with E-state index in [1.807, 2.05) is 36.4 Å². The molecule has 0 radical (unpaired) electrons. The number of ether oxygens (including phenoxy) is 2. The van der Waals surface area contributed by atoms with Gasteiger partial charge < -0.3 is 25.0 Å². The fraction of sp³-hybridized carbons (Fsp3) is 0.543. The lowest BCUT2D eigenvalue weighted by atomic mass is 10.0. The van der Waals surface area contributed by atoms with Gasteiger partial charge in [-0.25, -0.2) is 13.4 Å². The largest absolute Gasteiger partial charge is 0.497 e. The van der Waals surface area contributed by atoms with Gasteiger partial charge in [0.05, 0.1) is 29.1 Å². The van der Waals surface area contributed by atoms with E-state index in [1.54, 1.807) is 18.1 Å². The van der Waals surface area contributed by atoms with E-state index >= 15 is 0 Å². The molecule has 4 fully saturated rings. The minimum Gasteiger partial charge on any atom is -0.497 e. The van der Waals surface area contributed by atoms with E-state index in [-0.39, 0.29) is 24.8 Å². The molecule has 0 spiro atoms. The van der Waals surface area contributed by atoms with Crippen LogP contribution in [0, 0.1) is 5.92 Å². The number of anilines is 1. The quantitative estimate of drug-likeness (QED) is 0.289. The Kier molecular flexibility index (Phi) is 9.88. The Hall–Kier alpha value is -3.62. The summed E-state index contributed by atoms with van der Waals surface area (Å²) in [7, 11) is -2.24. The van der Waals surface area contributed by atoms with Crippen LogP contribution in [0.25, 0.3) is 10.2 Å². The van der Waals surface area contributed by atoms with E-state index in [9.17, 15) is 22.8 Å². The van der Waals surface area contributed by atoms with Crippen LogP contribution in [0.4, 0.5) is 5.69 Å². The zero-order valence-corrected chi connectivity index (χ0v) is 30.2. The Morgan fingerprint density at radius 1 is 1.06 bits per heavy atom. The Bertz CT molecular complexity index is 1890. The number of hydrogen-bond acceptors (Lipinski definition) is 10. The molecule has 268 valence electrons. The lowest BCUT2D eigenvalue weighted by molar-refractivity contribution is -0.140. The number of carbonyl (C=O) groups excluding carboxylic acids is 3. The number of nitrogens with one attached hydrogen (secondary N) is 3. The second-order valence-corrected chi connectivity index (χ2v) is 17.3. The predicted octanol–water partition coefficient (Wildman–Crippen LogP) is 5.01. The molecule has 2 saturated heterocycles. The second kappa shape index (κ2) is 14.2. The topological polar surface area (TPSA) is 156 Å². The van der Waals surface area contributed by atoms with E-state index in [0.717, 1.165) is 48.0 Å². The summed E-state index contributed by atoms with van der Waals surface area (Å²) in [6, 6.07) is 11.2. The van der Waals surface area contributed by atoms with Crippen LogP contribution in [-0.2, 0) is 24.4 Å². The summed E-state index contributed by atoms with van der Waals surface area (Å²) in [6.07, 6.45) is 6.72. The van der Waals surface area contributed by atoms with Gasteiger partial charge in [-0.05, 0) is 68.4 Å². The highest BCUT2D eigenvalue weighted by Gasteiger charge is 2.62. The molecule has 15 heteroatoms. The normalized spacial score (nSPS) is 27.7. The van der Waals surface area contributed by atoms with Gasteiger partial charge in [0.2, 0.25) is 21.8 Å². The van der Waals surface area contributed by atoms with Crippen LogP contribution < -0.4 is 24.8 Å². The number of halogens is 1. The lowest BCUT2D eigenvalue weighted by Crippen LogP contribution is -2.57. The molecule has 7 rings (SSSR count). The standard InChI is InChI=1S/C35H42ClN5O7S2/c1-47-24-10-7-9-23(17-24)37-28-11-6-4-2-3-5-8-21-19-35(21,33(44)40-50(45,46)26-13-14-26)39-31(42)29-18-25(20-41(29)32(28)43)48-34-38-27-15-12-22(36)16-30(27)49-34/h7,9-10,12,15-17,21,25-26,28-29,37H,2-6,8,11,13-14,18-20H2,1H3,(H,39,42)(H,40,44)/t21-,25-,28+,29+,35-/m1/s1. The zero-order chi connectivity index (χ0) is 35.0. The molecule has 0 bridgehead atoms. The maximum Gasteiger partial charge on any atom is 0.274 e. The molecule has 3 N–H and O–H groups in total. The third kappa shape index (κ3) is 7.52. The first-order chi connectivity index (χ1) is 24.0. The second-order valence-electron chi connectivity index (χ2n) is 13.9. The Morgan fingerprint density at radius 3 is 2.62 bits per heavy atom. The summed E-state index contributed by atoms with van der Waals surface area (Å²) < 4.78 is 40.5. The van der Waals surface area contributed by atoms with Crippen LogP contribution in [0.2, 0.25) is 5.02 Å². The van der Waals surface area contributed by atoms with E-state index < -0.39 is 50.8 Å². The number of amides is 3. The van der Waals surface area contributed by atoms with Gasteiger partial charge in [-0.15, -0.1) is 0 Å². The Labute approximate surface area is 300 Å². The van der Waals surface area contributed by atoms with Gasteiger partial charge in [0.1, 0.15) is 29.5 Å². The maximum atomic E-state index is 14.5. The predicted molar refractivity (Wildman–Crippen MR) is 191 cm³/mol. The van der Waals surface area contributed by atoms with Crippen LogP contribution in [0.15, 0.2) is 42.5 Å². The molecule has 1 aromatic heterocycles. The summed E-state index contributed by atoms with van der Waals surface area (Å²) in [4.78, 5) is 48.7. The number of methoxy groups -OCH3 is 1. The number of nitrogens with zero attached hydrogens (tertiary/aromatic N) is 2. The highest BCUT2D eigenvalue weighted by Crippen LogP contribution is 2.48. The van der Waals surface area contributed by atoms with Crippen LogP contribution in [-0.4, -0.2) is 78.7 Å². The van der Waals surface area contributed by atoms with Gasteiger partial charge in [-0.2, -0.15) is 0 Å². The summed E-state index contributed by atoms with van der Waals surface area (Å²) in [5.74, 6) is -0.999. The smallest absolute Gasteiger partial charge is 0.274 e. The van der Waals surface area contributed by atoms with Crippen molar-refractivity contribution in [1.82, 2.24) is 19.9 Å². The van der Waals surface area contributed by atoms with Crippen molar-refractivity contribution in [3.63, 3.8) is 0 Å². The Balaban J connectivity index is 1.18. The summed E-state index contributed by atoms with van der Waals surface area (Å²) in [5, 5.41) is 6.78. The van der Waals surface area contributed by atoms with E-state index in [1.165, 1.54) is 11.3 Å². The van der Waals surface area contributed by atoms with Gasteiger partial charge in [0.25, 0.3) is 11.1 Å². The van der Waals surface area contributed by atoms with Crippen molar-refractivity contribution in [1.29, 1.82) is 0 Å². The fourth-order valence-corrected chi connectivity index (χ4v) is 9.76. The zero-order valence-electron chi connectivity index (χ0n) is 27.9. The molecule has 3 amide bonds. The van der Waals surface area contributed by atoms with E-state index in [4.69, 9.17) is 21.1 Å². The lowest BCUT2D eigenvalue weighted by Gasteiger charge is -2.30.